The SMILES string of the molecule is Cc1ccc(-c2cc(C(=O)O)c3c(c2)ncn3-c2ccccc2)c(Cl)c1. The second-order valence-electron chi connectivity index (χ2n) is 6.13. The molecule has 0 saturated heterocycles. The summed E-state index contributed by atoms with van der Waals surface area (Å²) < 4.78 is 1.79. The fourth-order valence-corrected chi connectivity index (χ4v) is 3.45. The van der Waals surface area contributed by atoms with E-state index in [1.54, 1.807) is 17.0 Å². The number of hydrogen-bond donors (Lipinski definition) is 1. The number of benzene rings is 3. The molecule has 4 rings (SSSR count). The lowest BCUT2D eigenvalue weighted by Crippen LogP contribution is -2.02. The van der Waals surface area contributed by atoms with Crippen LogP contribution in [0.3, 0.4) is 0 Å². The van der Waals surface area contributed by atoms with Crippen molar-refractivity contribution in [1.29, 1.82) is 0 Å². The first-order valence-corrected chi connectivity index (χ1v) is 8.49. The average molecular weight is 363 g/mol. The van der Waals surface area contributed by atoms with Gasteiger partial charge in [0.1, 0.15) is 6.33 Å². The third-order valence-electron chi connectivity index (χ3n) is 4.34. The largest absolute Gasteiger partial charge is 0.478 e. The van der Waals surface area contributed by atoms with Gasteiger partial charge in [-0.05, 0) is 48.4 Å². The van der Waals surface area contributed by atoms with Gasteiger partial charge in [0.2, 0.25) is 0 Å². The number of rotatable bonds is 3. The van der Waals surface area contributed by atoms with E-state index in [1.165, 1.54) is 0 Å². The molecule has 0 atom stereocenters. The van der Waals surface area contributed by atoms with Crippen LogP contribution in [-0.2, 0) is 0 Å². The minimum atomic E-state index is -1.00. The van der Waals surface area contributed by atoms with E-state index in [-0.39, 0.29) is 5.56 Å². The van der Waals surface area contributed by atoms with Crippen LogP contribution in [0.2, 0.25) is 5.02 Å². The first-order valence-electron chi connectivity index (χ1n) is 8.11. The maximum atomic E-state index is 11.9. The average Bonchev–Trinajstić information content (AvgIpc) is 3.05. The van der Waals surface area contributed by atoms with Gasteiger partial charge < -0.3 is 5.11 Å². The topological polar surface area (TPSA) is 55.1 Å². The monoisotopic (exact) mass is 362 g/mol. The molecule has 5 heteroatoms. The summed E-state index contributed by atoms with van der Waals surface area (Å²) in [6.07, 6.45) is 1.65. The molecule has 4 nitrogen and oxygen atoms in total. The number of nitrogens with zero attached hydrogens (tertiary/aromatic N) is 2. The quantitative estimate of drug-likeness (QED) is 0.534. The van der Waals surface area contributed by atoms with Gasteiger partial charge in [-0.1, -0.05) is 41.9 Å². The molecule has 0 amide bonds. The molecule has 0 aliphatic carbocycles. The number of aromatic nitrogens is 2. The molecule has 0 unspecified atom stereocenters. The molecule has 128 valence electrons. The summed E-state index contributed by atoms with van der Waals surface area (Å²) >= 11 is 6.38. The van der Waals surface area contributed by atoms with E-state index in [2.05, 4.69) is 4.98 Å². The van der Waals surface area contributed by atoms with Crippen molar-refractivity contribution in [3.63, 3.8) is 0 Å². The molecule has 1 aromatic heterocycles. The van der Waals surface area contributed by atoms with Gasteiger partial charge in [0.05, 0.1) is 16.6 Å². The van der Waals surface area contributed by atoms with Crippen LogP contribution in [0.4, 0.5) is 0 Å². The van der Waals surface area contributed by atoms with Gasteiger partial charge in [-0.15, -0.1) is 0 Å². The van der Waals surface area contributed by atoms with Crippen molar-refractivity contribution in [2.75, 3.05) is 0 Å². The van der Waals surface area contributed by atoms with Crippen LogP contribution < -0.4 is 0 Å². The van der Waals surface area contributed by atoms with Crippen molar-refractivity contribution in [3.8, 4) is 16.8 Å². The van der Waals surface area contributed by atoms with Crippen molar-refractivity contribution in [3.05, 3.63) is 83.1 Å². The van der Waals surface area contributed by atoms with Gasteiger partial charge >= 0.3 is 5.97 Å². The van der Waals surface area contributed by atoms with Crippen LogP contribution in [0, 0.1) is 6.92 Å². The van der Waals surface area contributed by atoms with Crippen LogP contribution >= 0.6 is 11.6 Å². The van der Waals surface area contributed by atoms with Crippen LogP contribution in [0.5, 0.6) is 0 Å². The lowest BCUT2D eigenvalue weighted by molar-refractivity contribution is 0.0698. The summed E-state index contributed by atoms with van der Waals surface area (Å²) in [6.45, 7) is 1.96. The highest BCUT2D eigenvalue weighted by Gasteiger charge is 2.18. The fourth-order valence-electron chi connectivity index (χ4n) is 3.11. The summed E-state index contributed by atoms with van der Waals surface area (Å²) in [7, 11) is 0. The molecule has 4 aromatic rings. The third-order valence-corrected chi connectivity index (χ3v) is 4.66. The summed E-state index contributed by atoms with van der Waals surface area (Å²) in [6, 6.07) is 18.8. The molecule has 1 N–H and O–H groups in total. The Balaban J connectivity index is 1.99. The zero-order chi connectivity index (χ0) is 18.3. The van der Waals surface area contributed by atoms with Crippen molar-refractivity contribution in [2.45, 2.75) is 6.92 Å². The Hall–Kier alpha value is -3.11. The van der Waals surface area contributed by atoms with Gasteiger partial charge in [0.25, 0.3) is 0 Å². The van der Waals surface area contributed by atoms with E-state index in [0.717, 1.165) is 22.4 Å². The first-order chi connectivity index (χ1) is 12.5. The van der Waals surface area contributed by atoms with Crippen molar-refractivity contribution >= 4 is 28.6 Å². The van der Waals surface area contributed by atoms with E-state index >= 15 is 0 Å². The third kappa shape index (κ3) is 2.74. The van der Waals surface area contributed by atoms with E-state index in [4.69, 9.17) is 11.6 Å². The number of halogens is 1. The van der Waals surface area contributed by atoms with Crippen LogP contribution in [0.15, 0.2) is 67.0 Å². The number of carboxylic acid groups (broad SMARTS) is 1. The summed E-state index contributed by atoms with van der Waals surface area (Å²) in [5.74, 6) is -1.00. The summed E-state index contributed by atoms with van der Waals surface area (Å²) in [4.78, 5) is 16.4. The molecule has 0 spiro atoms. The van der Waals surface area contributed by atoms with Gasteiger partial charge in [-0.3, -0.25) is 4.57 Å². The van der Waals surface area contributed by atoms with Crippen molar-refractivity contribution in [2.24, 2.45) is 0 Å². The molecule has 0 bridgehead atoms. The zero-order valence-electron chi connectivity index (χ0n) is 14.0. The Morgan fingerprint density at radius 3 is 2.54 bits per heavy atom. The van der Waals surface area contributed by atoms with Gasteiger partial charge in [0.15, 0.2) is 0 Å². The second-order valence-corrected chi connectivity index (χ2v) is 6.54. The Labute approximate surface area is 155 Å². The molecule has 1 heterocycles. The number of fused-ring (bicyclic) bond motifs is 1. The molecule has 0 saturated carbocycles. The number of para-hydroxylation sites is 1. The Morgan fingerprint density at radius 1 is 1.08 bits per heavy atom. The molecule has 0 radical (unpaired) electrons. The first kappa shape index (κ1) is 16.4. The highest BCUT2D eigenvalue weighted by Crippen LogP contribution is 2.33. The molecule has 0 aliphatic heterocycles. The number of aromatic carboxylic acids is 1. The number of imidazole rings is 1. The standard InChI is InChI=1S/C21H15ClN2O2/c1-13-7-8-16(18(22)9-13)14-10-17(21(25)26)20-19(11-14)23-12-24(20)15-5-3-2-4-6-15/h2-12H,1H3,(H,25,26). The minimum absolute atomic E-state index is 0.190. The Morgan fingerprint density at radius 2 is 1.85 bits per heavy atom. The highest BCUT2D eigenvalue weighted by atomic mass is 35.5. The molecule has 0 fully saturated rings. The molecule has 3 aromatic carbocycles. The predicted molar refractivity (Wildman–Crippen MR) is 103 cm³/mol. The van der Waals surface area contributed by atoms with Crippen LogP contribution in [-0.4, -0.2) is 20.6 Å². The second kappa shape index (κ2) is 6.32. The number of carbonyl (C=O) groups is 1. The lowest BCUT2D eigenvalue weighted by Gasteiger charge is -2.10. The smallest absolute Gasteiger partial charge is 0.337 e. The van der Waals surface area contributed by atoms with Crippen LogP contribution in [0.1, 0.15) is 15.9 Å². The van der Waals surface area contributed by atoms with Crippen molar-refractivity contribution < 1.29 is 9.90 Å². The van der Waals surface area contributed by atoms with Gasteiger partial charge in [0, 0.05) is 16.3 Å². The van der Waals surface area contributed by atoms with Gasteiger partial charge in [-0.2, -0.15) is 0 Å². The number of aryl methyl sites for hydroxylation is 1. The molecular weight excluding hydrogens is 348 g/mol. The lowest BCUT2D eigenvalue weighted by atomic mass is 10.0. The van der Waals surface area contributed by atoms with E-state index in [9.17, 15) is 9.90 Å². The number of hydrogen-bond acceptors (Lipinski definition) is 2. The van der Waals surface area contributed by atoms with E-state index in [1.807, 2.05) is 61.5 Å². The molecular formula is C21H15ClN2O2. The van der Waals surface area contributed by atoms with Crippen LogP contribution in [0.25, 0.3) is 27.8 Å². The summed E-state index contributed by atoms with van der Waals surface area (Å²) in [5.41, 5.74) is 4.80. The molecule has 26 heavy (non-hydrogen) atoms. The Kier molecular flexibility index (Phi) is 3.98. The van der Waals surface area contributed by atoms with Gasteiger partial charge in [-0.25, -0.2) is 9.78 Å². The van der Waals surface area contributed by atoms with E-state index < -0.39 is 5.97 Å². The number of carboxylic acids is 1. The van der Waals surface area contributed by atoms with E-state index in [0.29, 0.717) is 16.1 Å². The fraction of sp³-hybridized carbons (Fsp3) is 0.0476. The zero-order valence-corrected chi connectivity index (χ0v) is 14.7. The summed E-state index contributed by atoms with van der Waals surface area (Å²) in [5, 5.41) is 10.4. The normalized spacial score (nSPS) is 11.0. The van der Waals surface area contributed by atoms with Crippen molar-refractivity contribution in [1.82, 2.24) is 9.55 Å². The predicted octanol–water partition coefficient (Wildman–Crippen LogP) is 5.35. The maximum absolute atomic E-state index is 11.9. The minimum Gasteiger partial charge on any atom is -0.478 e. The maximum Gasteiger partial charge on any atom is 0.337 e. The Bertz CT molecular complexity index is 1130. The highest BCUT2D eigenvalue weighted by molar-refractivity contribution is 6.33. The molecule has 0 aliphatic rings.